The summed E-state index contributed by atoms with van der Waals surface area (Å²) in [6.07, 6.45) is 13.0. The molecule has 12 aromatic heterocycles. The number of hydrogen-bond donors (Lipinski definition) is 0. The maximum atomic E-state index is 5.25. The fourth-order valence-electron chi connectivity index (χ4n) is 19.9. The van der Waals surface area contributed by atoms with Crippen LogP contribution in [0.15, 0.2) is 474 Å². The van der Waals surface area contributed by atoms with Gasteiger partial charge in [0.2, 0.25) is 0 Å². The van der Waals surface area contributed by atoms with E-state index in [0.717, 1.165) is 162 Å². The van der Waals surface area contributed by atoms with E-state index in [1.165, 1.54) is 86.5 Å². The smallest absolute Gasteiger partial charge is 0.145 e. The van der Waals surface area contributed by atoms with Crippen molar-refractivity contribution in [3.8, 4) is 118 Å². The summed E-state index contributed by atoms with van der Waals surface area (Å²) < 4.78 is 6.85. The Morgan fingerprint density at radius 3 is 1.01 bits per heavy atom. The lowest BCUT2D eigenvalue weighted by atomic mass is 9.91. The number of nitrogens with zero attached hydrogens (tertiary/aromatic N) is 12. The first-order valence-electron chi connectivity index (χ1n) is 45.3. The van der Waals surface area contributed by atoms with E-state index >= 15 is 0 Å². The molecule has 12 heteroatoms. The number of para-hydroxylation sites is 3. The molecule has 0 amide bonds. The van der Waals surface area contributed by atoms with Crippen LogP contribution in [0.1, 0.15) is 0 Å². The van der Waals surface area contributed by atoms with E-state index in [1.54, 1.807) is 0 Å². The van der Waals surface area contributed by atoms with Crippen molar-refractivity contribution in [3.63, 3.8) is 0 Å². The Hall–Kier alpha value is -18.4. The molecule has 0 spiro atoms. The molecule has 27 aromatic rings. The first-order chi connectivity index (χ1) is 66.9. The van der Waals surface area contributed by atoms with Crippen molar-refractivity contribution in [1.29, 1.82) is 0 Å². The number of aromatic nitrogens is 12. The van der Waals surface area contributed by atoms with Crippen LogP contribution in [-0.2, 0) is 0 Å². The largest absolute Gasteiger partial charge is 0.309 e. The van der Waals surface area contributed by atoms with Gasteiger partial charge in [-0.1, -0.05) is 255 Å². The molecule has 12 heterocycles. The quantitative estimate of drug-likeness (QED) is 0.110. The average Bonchev–Trinajstić information content (AvgIpc) is 1.63. The topological polar surface area (TPSA) is 131 Å². The van der Waals surface area contributed by atoms with Gasteiger partial charge in [-0.05, 0) is 274 Å². The Labute approximate surface area is 776 Å². The first kappa shape index (κ1) is 78.8. The van der Waals surface area contributed by atoms with Gasteiger partial charge in [0.1, 0.15) is 5.65 Å². The van der Waals surface area contributed by atoms with Gasteiger partial charge in [0.05, 0.1) is 84.3 Å². The Morgan fingerprint density at radius 2 is 0.519 bits per heavy atom. The lowest BCUT2D eigenvalue weighted by Crippen LogP contribution is -1.97. The van der Waals surface area contributed by atoms with Crippen LogP contribution >= 0.6 is 0 Å². The summed E-state index contributed by atoms with van der Waals surface area (Å²) in [7, 11) is 0. The van der Waals surface area contributed by atoms with E-state index in [0.29, 0.717) is 0 Å². The van der Waals surface area contributed by atoms with Crippen LogP contribution in [-0.4, -0.2) is 58.6 Å². The van der Waals surface area contributed by atoms with E-state index < -0.39 is 0 Å². The Kier molecular flexibility index (Phi) is 19.6. The molecule has 0 aliphatic carbocycles. The third-order valence-electron chi connectivity index (χ3n) is 26.0. The molecule has 0 unspecified atom stereocenters. The SMILES string of the molecule is c1ccc(-c2cc(-c3c4ccccc4cc4ccccc34)cc(-c3cccc(-n4c5ccccc5c5cccnc54)c3)n2)nc1.c1ccc(-c2cc(-c3ccc(-n4c5ccccc5c5cnccc54)cc3)cc(-c3c4ccccc4cc4ccccc34)n2)nc1.c1ccc(-c2cc(-c3ccc(-n4c5ccccc5c5ncccc54)cc3)cc(-c3c4ccccc4cc4ccccc34)n2)nc1. The number of rotatable bonds is 12. The molecule has 12 nitrogen and oxygen atoms in total. The van der Waals surface area contributed by atoms with E-state index in [-0.39, 0.29) is 0 Å². The second-order valence-corrected chi connectivity index (χ2v) is 33.9. The maximum absolute atomic E-state index is 5.25. The zero-order valence-electron chi connectivity index (χ0n) is 72.9. The van der Waals surface area contributed by atoms with Crippen LogP contribution in [0.3, 0.4) is 0 Å². The van der Waals surface area contributed by atoms with Crippen LogP contribution in [0.25, 0.3) is 249 Å². The number of pyridine rings is 9. The molecule has 0 bridgehead atoms. The normalized spacial score (nSPS) is 11.6. The minimum Gasteiger partial charge on any atom is -0.309 e. The molecule has 0 saturated heterocycles. The predicted octanol–water partition coefficient (Wildman–Crippen LogP) is 30.8. The zero-order valence-corrected chi connectivity index (χ0v) is 72.9. The molecule has 0 radical (unpaired) electrons. The third-order valence-corrected chi connectivity index (χ3v) is 26.0. The fraction of sp³-hybridized carbons (Fsp3) is 0. The number of benzene rings is 15. The van der Waals surface area contributed by atoms with Crippen molar-refractivity contribution in [2.75, 3.05) is 0 Å². The molecule has 0 aliphatic rings. The summed E-state index contributed by atoms with van der Waals surface area (Å²) >= 11 is 0. The first-order valence-corrected chi connectivity index (χ1v) is 45.3. The van der Waals surface area contributed by atoms with Crippen molar-refractivity contribution in [2.45, 2.75) is 0 Å². The zero-order chi connectivity index (χ0) is 89.2. The van der Waals surface area contributed by atoms with E-state index in [1.807, 2.05) is 110 Å². The highest BCUT2D eigenvalue weighted by molar-refractivity contribution is 6.17. The summed E-state index contributed by atoms with van der Waals surface area (Å²) in [6.45, 7) is 0. The summed E-state index contributed by atoms with van der Waals surface area (Å²) in [5.41, 5.74) is 28.7. The molecule has 0 N–H and O–H groups in total. The van der Waals surface area contributed by atoms with Gasteiger partial charge in [0.25, 0.3) is 0 Å². The maximum Gasteiger partial charge on any atom is 0.145 e. The van der Waals surface area contributed by atoms with Crippen molar-refractivity contribution in [3.05, 3.63) is 474 Å². The van der Waals surface area contributed by atoms with Gasteiger partial charge in [-0.3, -0.25) is 29.5 Å². The minimum atomic E-state index is 0.837. The summed E-state index contributed by atoms with van der Waals surface area (Å²) in [5, 5.41) is 20.2. The summed E-state index contributed by atoms with van der Waals surface area (Å²) in [6, 6.07) is 152. The van der Waals surface area contributed by atoms with Gasteiger partial charge in [-0.2, -0.15) is 0 Å². The second kappa shape index (κ2) is 33.6. The summed E-state index contributed by atoms with van der Waals surface area (Å²) in [4.78, 5) is 43.7. The molecule has 0 atom stereocenters. The molecule has 27 rings (SSSR count). The molecule has 630 valence electrons. The minimum absolute atomic E-state index is 0.837. The third kappa shape index (κ3) is 14.2. The van der Waals surface area contributed by atoms with Gasteiger partial charge in [0, 0.05) is 104 Å². The molecule has 135 heavy (non-hydrogen) atoms. The number of hydrogen-bond acceptors (Lipinski definition) is 9. The highest BCUT2D eigenvalue weighted by Gasteiger charge is 2.24. The van der Waals surface area contributed by atoms with Crippen LogP contribution in [0.5, 0.6) is 0 Å². The highest BCUT2D eigenvalue weighted by atomic mass is 15.0. The van der Waals surface area contributed by atoms with Crippen molar-refractivity contribution < 1.29 is 0 Å². The molecular weight excluding hydrogens is 1650 g/mol. The van der Waals surface area contributed by atoms with E-state index in [2.05, 4.69) is 393 Å². The lowest BCUT2D eigenvalue weighted by molar-refractivity contribution is 1.13. The van der Waals surface area contributed by atoms with Crippen molar-refractivity contribution >= 4 is 130 Å². The lowest BCUT2D eigenvalue weighted by Gasteiger charge is -2.15. The van der Waals surface area contributed by atoms with Crippen LogP contribution in [0.4, 0.5) is 0 Å². The van der Waals surface area contributed by atoms with Gasteiger partial charge < -0.3 is 9.13 Å². The van der Waals surface area contributed by atoms with Gasteiger partial charge >= 0.3 is 0 Å². The van der Waals surface area contributed by atoms with Gasteiger partial charge in [-0.15, -0.1) is 0 Å². The Morgan fingerprint density at radius 1 is 0.163 bits per heavy atom. The second-order valence-electron chi connectivity index (χ2n) is 33.9. The average molecular weight is 1720 g/mol. The molecule has 0 saturated carbocycles. The highest BCUT2D eigenvalue weighted by Crippen LogP contribution is 2.46. The molecule has 0 aliphatic heterocycles. The molecule has 15 aromatic carbocycles. The van der Waals surface area contributed by atoms with Crippen LogP contribution < -0.4 is 0 Å². The standard InChI is InChI=1S/3C41H26N4/c1-3-15-32-27(11-1)23-28-12-2-4-16-33(28)40(32)30-25-37(44-38(26-30)36-19-7-8-21-42-36)29-13-9-14-31(24-29)45-39-20-6-5-17-34(39)35-18-10-22-43-41(35)45;1-3-12-32-28(10-1)24-29-11-2-4-13-33(29)40(32)37-26-30(25-36(44-37)35-15-7-8-22-42-35)27-18-20-31(21-19-27)45-38-16-6-5-14-34(38)41-39(45)17-9-23-43-41;1-3-11-32-28(9-1)23-29-10-2-4-12-33(29)41(32)38-25-30(24-37(44-38)36-14-7-8-21-43-36)27-16-18-31(19-17-27)45-39-15-6-5-13-34(39)35-26-42-22-20-40(35)45/h3*1-26H. The summed E-state index contributed by atoms with van der Waals surface area (Å²) in [5.74, 6) is 0. The monoisotopic (exact) mass is 1720 g/mol. The molecular formula is C123H78N12. The molecule has 0 fully saturated rings. The van der Waals surface area contributed by atoms with Gasteiger partial charge in [-0.25, -0.2) is 19.9 Å². The number of fused-ring (bicyclic) bond motifs is 15. The van der Waals surface area contributed by atoms with E-state index in [9.17, 15) is 0 Å². The van der Waals surface area contributed by atoms with E-state index in [4.69, 9.17) is 29.9 Å². The van der Waals surface area contributed by atoms with Crippen molar-refractivity contribution in [1.82, 2.24) is 58.6 Å². The predicted molar refractivity (Wildman–Crippen MR) is 556 cm³/mol. The van der Waals surface area contributed by atoms with Gasteiger partial charge in [0.15, 0.2) is 0 Å². The van der Waals surface area contributed by atoms with Crippen molar-refractivity contribution in [2.24, 2.45) is 0 Å². The fourth-order valence-corrected chi connectivity index (χ4v) is 19.9. The van der Waals surface area contributed by atoms with Crippen LogP contribution in [0.2, 0.25) is 0 Å². The Balaban J connectivity index is 0.000000108. The Bertz CT molecular complexity index is 8630. The van der Waals surface area contributed by atoms with Crippen LogP contribution in [0, 0.1) is 0 Å².